The Morgan fingerprint density at radius 2 is 1.05 bits per heavy atom. The van der Waals surface area contributed by atoms with Crippen LogP contribution < -0.4 is 10.6 Å². The maximum atomic E-state index is 12.8. The summed E-state index contributed by atoms with van der Waals surface area (Å²) in [7, 11) is 0. The summed E-state index contributed by atoms with van der Waals surface area (Å²) in [5.74, 6) is -0.804. The molecule has 0 bridgehead atoms. The van der Waals surface area contributed by atoms with Crippen molar-refractivity contribution in [3.8, 4) is 11.1 Å². The SMILES string of the molecule is CC1(C)CC(OC(=O)c2ccc(-c3cnc(C(=O)OC4CC(C)(C)NC(C)(C)C4)nc3)cc2)CC(C)(C)N1. The summed E-state index contributed by atoms with van der Waals surface area (Å²) in [4.78, 5) is 34.1. The summed E-state index contributed by atoms with van der Waals surface area (Å²) in [6.07, 6.45) is 5.84. The third-order valence-electron chi connectivity index (χ3n) is 7.14. The lowest BCUT2D eigenvalue weighted by Crippen LogP contribution is -2.59. The monoisotopic (exact) mass is 522 g/mol. The minimum atomic E-state index is -0.516. The molecule has 38 heavy (non-hydrogen) atoms. The lowest BCUT2D eigenvalue weighted by atomic mass is 9.81. The third kappa shape index (κ3) is 7.17. The number of hydrogen-bond acceptors (Lipinski definition) is 8. The first kappa shape index (κ1) is 28.2. The zero-order chi connectivity index (χ0) is 27.9. The minimum Gasteiger partial charge on any atom is -0.459 e. The number of ether oxygens (including phenoxy) is 2. The molecule has 8 nitrogen and oxygen atoms in total. The number of nitrogens with zero attached hydrogens (tertiary/aromatic N) is 2. The summed E-state index contributed by atoms with van der Waals surface area (Å²) in [5, 5.41) is 7.19. The van der Waals surface area contributed by atoms with Crippen molar-refractivity contribution in [1.29, 1.82) is 0 Å². The van der Waals surface area contributed by atoms with E-state index in [4.69, 9.17) is 9.47 Å². The van der Waals surface area contributed by atoms with Gasteiger partial charge in [0.25, 0.3) is 0 Å². The van der Waals surface area contributed by atoms with Crippen molar-refractivity contribution in [1.82, 2.24) is 20.6 Å². The number of carbonyl (C=O) groups is 2. The van der Waals surface area contributed by atoms with Crippen molar-refractivity contribution < 1.29 is 19.1 Å². The van der Waals surface area contributed by atoms with Crippen LogP contribution in [0.3, 0.4) is 0 Å². The number of carbonyl (C=O) groups excluding carboxylic acids is 2. The smallest absolute Gasteiger partial charge is 0.376 e. The van der Waals surface area contributed by atoms with Crippen molar-refractivity contribution in [2.75, 3.05) is 0 Å². The van der Waals surface area contributed by atoms with E-state index in [1.165, 1.54) is 0 Å². The van der Waals surface area contributed by atoms with Crippen LogP contribution in [0.2, 0.25) is 0 Å². The van der Waals surface area contributed by atoms with Crippen LogP contribution in [0.15, 0.2) is 36.7 Å². The molecule has 1 aromatic heterocycles. The number of hydrogen-bond donors (Lipinski definition) is 2. The first-order chi connectivity index (χ1) is 17.5. The molecule has 0 saturated carbocycles. The second-order valence-electron chi connectivity index (χ2n) is 13.5. The van der Waals surface area contributed by atoms with Crippen LogP contribution in [-0.4, -0.2) is 56.3 Å². The zero-order valence-corrected chi connectivity index (χ0v) is 24.0. The Hall–Kier alpha value is -2.84. The third-order valence-corrected chi connectivity index (χ3v) is 7.14. The quantitative estimate of drug-likeness (QED) is 0.525. The summed E-state index contributed by atoms with van der Waals surface area (Å²) in [6.45, 7) is 17.0. The fourth-order valence-corrected chi connectivity index (χ4v) is 6.43. The largest absolute Gasteiger partial charge is 0.459 e. The second kappa shape index (κ2) is 10.0. The van der Waals surface area contributed by atoms with E-state index in [2.05, 4.69) is 76.0 Å². The standard InChI is InChI=1S/C30H42N4O4/c1-27(2)13-22(14-28(3,4)33-27)37-25(35)20-11-9-19(10-12-20)21-17-31-24(32-18-21)26(36)38-23-15-29(5,6)34-30(7,8)16-23/h9-12,17-18,22-23,33-34H,13-16H2,1-8H3. The molecule has 2 aromatic rings. The molecule has 0 atom stereocenters. The van der Waals surface area contributed by atoms with Crippen molar-refractivity contribution in [2.24, 2.45) is 0 Å². The highest BCUT2D eigenvalue weighted by Gasteiger charge is 2.40. The molecule has 4 rings (SSSR count). The molecule has 0 aliphatic carbocycles. The summed E-state index contributed by atoms with van der Waals surface area (Å²) in [6, 6.07) is 7.17. The predicted molar refractivity (Wildman–Crippen MR) is 147 cm³/mol. The van der Waals surface area contributed by atoms with Gasteiger partial charge in [0, 0.05) is 65.8 Å². The predicted octanol–water partition coefficient (Wildman–Crippen LogP) is 5.08. The van der Waals surface area contributed by atoms with E-state index in [9.17, 15) is 9.59 Å². The van der Waals surface area contributed by atoms with Gasteiger partial charge in [0.1, 0.15) is 12.2 Å². The number of benzene rings is 1. The highest BCUT2D eigenvalue weighted by atomic mass is 16.5. The van der Waals surface area contributed by atoms with Crippen LogP contribution in [0, 0.1) is 0 Å². The first-order valence-corrected chi connectivity index (χ1v) is 13.4. The Morgan fingerprint density at radius 3 is 1.47 bits per heavy atom. The van der Waals surface area contributed by atoms with E-state index < -0.39 is 5.97 Å². The van der Waals surface area contributed by atoms with Crippen LogP contribution in [0.25, 0.3) is 11.1 Å². The van der Waals surface area contributed by atoms with Crippen LogP contribution in [0.4, 0.5) is 0 Å². The molecular formula is C30H42N4O4. The van der Waals surface area contributed by atoms with Gasteiger partial charge < -0.3 is 20.1 Å². The number of piperidine rings is 2. The number of aromatic nitrogens is 2. The highest BCUT2D eigenvalue weighted by molar-refractivity contribution is 5.90. The Morgan fingerprint density at radius 1 is 0.658 bits per heavy atom. The lowest BCUT2D eigenvalue weighted by molar-refractivity contribution is -0.00829. The minimum absolute atomic E-state index is 0.0379. The number of nitrogens with one attached hydrogen (secondary N) is 2. The van der Waals surface area contributed by atoms with Gasteiger partial charge in [-0.15, -0.1) is 0 Å². The van der Waals surface area contributed by atoms with E-state index >= 15 is 0 Å². The van der Waals surface area contributed by atoms with E-state index in [0.29, 0.717) is 5.56 Å². The van der Waals surface area contributed by atoms with E-state index in [0.717, 1.165) is 36.8 Å². The van der Waals surface area contributed by atoms with Crippen LogP contribution in [0.1, 0.15) is 102 Å². The average Bonchev–Trinajstić information content (AvgIpc) is 2.75. The number of esters is 2. The van der Waals surface area contributed by atoms with Crippen LogP contribution in [0.5, 0.6) is 0 Å². The summed E-state index contributed by atoms with van der Waals surface area (Å²) < 4.78 is 11.6. The van der Waals surface area contributed by atoms with E-state index in [1.807, 2.05) is 12.1 Å². The van der Waals surface area contributed by atoms with Gasteiger partial charge in [-0.2, -0.15) is 0 Å². The zero-order valence-electron chi connectivity index (χ0n) is 24.0. The van der Waals surface area contributed by atoms with Gasteiger partial charge in [0.15, 0.2) is 0 Å². The molecular weight excluding hydrogens is 480 g/mol. The maximum absolute atomic E-state index is 12.8. The molecule has 2 saturated heterocycles. The second-order valence-corrected chi connectivity index (χ2v) is 13.5. The average molecular weight is 523 g/mol. The molecule has 8 heteroatoms. The van der Waals surface area contributed by atoms with E-state index in [1.54, 1.807) is 24.5 Å². The molecule has 2 fully saturated rings. The Balaban J connectivity index is 1.37. The van der Waals surface area contributed by atoms with Gasteiger partial charge in [0.2, 0.25) is 5.82 Å². The molecule has 2 aliphatic rings. The van der Waals surface area contributed by atoms with Crippen molar-refractivity contribution in [2.45, 2.75) is 115 Å². The molecule has 0 unspecified atom stereocenters. The van der Waals surface area contributed by atoms with Gasteiger partial charge in [-0.3, -0.25) is 0 Å². The Labute approximate surface area is 226 Å². The number of rotatable bonds is 5. The van der Waals surface area contributed by atoms with E-state index in [-0.39, 0.29) is 46.2 Å². The van der Waals surface area contributed by atoms with Crippen molar-refractivity contribution >= 4 is 11.9 Å². The molecule has 0 radical (unpaired) electrons. The molecule has 0 spiro atoms. The highest BCUT2D eigenvalue weighted by Crippen LogP contribution is 2.32. The Bertz CT molecular complexity index is 1040. The van der Waals surface area contributed by atoms with Gasteiger partial charge in [-0.05, 0) is 73.1 Å². The molecule has 2 N–H and O–H groups in total. The van der Waals surface area contributed by atoms with Crippen molar-refractivity contribution in [3.05, 3.63) is 48.0 Å². The van der Waals surface area contributed by atoms with Gasteiger partial charge >= 0.3 is 11.9 Å². The fraction of sp³-hybridized carbons (Fsp3) is 0.600. The molecule has 1 aromatic carbocycles. The van der Waals surface area contributed by atoms with Gasteiger partial charge in [0.05, 0.1) is 5.56 Å². The Kier molecular flexibility index (Phi) is 7.45. The molecule has 2 aliphatic heterocycles. The van der Waals surface area contributed by atoms with Crippen molar-refractivity contribution in [3.63, 3.8) is 0 Å². The van der Waals surface area contributed by atoms with Gasteiger partial charge in [-0.25, -0.2) is 19.6 Å². The maximum Gasteiger partial charge on any atom is 0.376 e. The fourth-order valence-electron chi connectivity index (χ4n) is 6.43. The lowest BCUT2D eigenvalue weighted by Gasteiger charge is -2.45. The summed E-state index contributed by atoms with van der Waals surface area (Å²) in [5.41, 5.74) is 1.62. The first-order valence-electron chi connectivity index (χ1n) is 13.4. The molecule has 206 valence electrons. The topological polar surface area (TPSA) is 102 Å². The van der Waals surface area contributed by atoms with Gasteiger partial charge in [-0.1, -0.05) is 12.1 Å². The van der Waals surface area contributed by atoms with Crippen LogP contribution in [-0.2, 0) is 9.47 Å². The molecule has 3 heterocycles. The normalized spacial score (nSPS) is 22.4. The van der Waals surface area contributed by atoms with Crippen LogP contribution >= 0.6 is 0 Å². The summed E-state index contributed by atoms with van der Waals surface area (Å²) >= 11 is 0. The molecule has 0 amide bonds.